The third kappa shape index (κ3) is 4.33. The van der Waals surface area contributed by atoms with E-state index in [1.165, 1.54) is 33.4 Å². The second kappa shape index (κ2) is 11.6. The summed E-state index contributed by atoms with van der Waals surface area (Å²) in [5, 5.41) is 3.51. The van der Waals surface area contributed by atoms with Crippen LogP contribution in [-0.2, 0) is 5.41 Å². The van der Waals surface area contributed by atoms with Crippen LogP contribution in [0.25, 0.3) is 11.1 Å². The first-order valence-electron chi connectivity index (χ1n) is 13.0. The van der Waals surface area contributed by atoms with Crippen molar-refractivity contribution in [3.8, 4) is 11.1 Å². The van der Waals surface area contributed by atoms with Crippen molar-refractivity contribution in [2.45, 2.75) is 33.1 Å². The predicted octanol–water partition coefficient (Wildman–Crippen LogP) is 9.85. The molecule has 0 aliphatic heterocycles. The molecule has 0 amide bonds. The van der Waals surface area contributed by atoms with Crippen LogP contribution >= 0.6 is 0 Å². The third-order valence-electron chi connectivity index (χ3n) is 6.54. The number of hydrogen-bond acceptors (Lipinski definition) is 1. The number of fused-ring (bicyclic) bond motifs is 3. The summed E-state index contributed by atoms with van der Waals surface area (Å²) >= 11 is 0. The number of benzene rings is 5. The lowest BCUT2D eigenvalue weighted by molar-refractivity contribution is 0.768. The van der Waals surface area contributed by atoms with Gasteiger partial charge in [0.15, 0.2) is 0 Å². The molecule has 0 saturated carbocycles. The Bertz CT molecular complexity index is 1320. The van der Waals surface area contributed by atoms with Crippen molar-refractivity contribution in [3.05, 3.63) is 156 Å². The molecule has 1 nitrogen and oxygen atoms in total. The van der Waals surface area contributed by atoms with Crippen molar-refractivity contribution >= 4 is 11.4 Å². The zero-order valence-corrected chi connectivity index (χ0v) is 21.7. The summed E-state index contributed by atoms with van der Waals surface area (Å²) in [5.74, 6) is 0. The average molecular weight is 470 g/mol. The van der Waals surface area contributed by atoms with Crippen LogP contribution in [0.3, 0.4) is 0 Å². The van der Waals surface area contributed by atoms with Gasteiger partial charge in [-0.15, -0.1) is 0 Å². The molecule has 5 aromatic carbocycles. The first-order chi connectivity index (χ1) is 17.9. The van der Waals surface area contributed by atoms with Crippen molar-refractivity contribution in [2.24, 2.45) is 0 Å². The molecule has 6 rings (SSSR count). The number of hydrogen-bond donors (Lipinski definition) is 1. The van der Waals surface area contributed by atoms with E-state index >= 15 is 0 Å². The van der Waals surface area contributed by atoms with Gasteiger partial charge in [0.05, 0.1) is 5.41 Å². The van der Waals surface area contributed by atoms with Gasteiger partial charge in [0.25, 0.3) is 0 Å². The van der Waals surface area contributed by atoms with Crippen LogP contribution in [0.1, 0.15) is 49.9 Å². The van der Waals surface area contributed by atoms with Gasteiger partial charge in [0.1, 0.15) is 0 Å². The van der Waals surface area contributed by atoms with Crippen molar-refractivity contribution in [1.82, 2.24) is 0 Å². The molecular weight excluding hydrogens is 434 g/mol. The zero-order valence-electron chi connectivity index (χ0n) is 21.7. The molecule has 0 fully saturated rings. The Morgan fingerprint density at radius 3 is 1.31 bits per heavy atom. The molecule has 36 heavy (non-hydrogen) atoms. The number of para-hydroxylation sites is 1. The van der Waals surface area contributed by atoms with E-state index in [9.17, 15) is 0 Å². The van der Waals surface area contributed by atoms with Gasteiger partial charge in [-0.3, -0.25) is 0 Å². The molecule has 0 bridgehead atoms. The summed E-state index contributed by atoms with van der Waals surface area (Å²) < 4.78 is 0. The summed E-state index contributed by atoms with van der Waals surface area (Å²) in [6, 6.07) is 47.8. The van der Waals surface area contributed by atoms with E-state index in [0.29, 0.717) is 0 Å². The molecule has 0 aromatic heterocycles. The van der Waals surface area contributed by atoms with E-state index in [1.807, 2.05) is 45.9 Å². The van der Waals surface area contributed by atoms with Gasteiger partial charge >= 0.3 is 0 Å². The van der Waals surface area contributed by atoms with E-state index in [4.69, 9.17) is 0 Å². The predicted molar refractivity (Wildman–Crippen MR) is 156 cm³/mol. The van der Waals surface area contributed by atoms with Crippen LogP contribution in [0.15, 0.2) is 133 Å². The Hall–Kier alpha value is -4.10. The maximum atomic E-state index is 3.51. The lowest BCUT2D eigenvalue weighted by atomic mass is 9.68. The fourth-order valence-electron chi connectivity index (χ4n) is 5.20. The second-order valence-corrected chi connectivity index (χ2v) is 8.28. The second-order valence-electron chi connectivity index (χ2n) is 8.28. The number of anilines is 2. The highest BCUT2D eigenvalue weighted by molar-refractivity contribution is 5.86. The van der Waals surface area contributed by atoms with Crippen molar-refractivity contribution in [1.29, 1.82) is 0 Å². The van der Waals surface area contributed by atoms with E-state index in [-0.39, 0.29) is 5.41 Å². The topological polar surface area (TPSA) is 12.0 Å². The van der Waals surface area contributed by atoms with E-state index in [2.05, 4.69) is 121 Å². The molecule has 0 heterocycles. The Labute approximate surface area is 216 Å². The molecule has 1 heteroatoms. The normalized spacial score (nSPS) is 12.1. The van der Waals surface area contributed by atoms with Crippen LogP contribution < -0.4 is 5.32 Å². The van der Waals surface area contributed by atoms with Crippen molar-refractivity contribution in [3.63, 3.8) is 0 Å². The highest BCUT2D eigenvalue weighted by Crippen LogP contribution is 2.55. The van der Waals surface area contributed by atoms with Gasteiger partial charge < -0.3 is 5.32 Å². The molecule has 0 spiro atoms. The summed E-state index contributed by atoms with van der Waals surface area (Å²) in [5.41, 5.74) is 9.74. The SMILES string of the molecule is CC.CC.c1ccc(Nc2ccc(C3(c4ccccc4)c4ccccc4-c4ccccc43)cc2)cc1. The molecular formula is C35H35N. The number of rotatable bonds is 4. The van der Waals surface area contributed by atoms with Gasteiger partial charge in [0.2, 0.25) is 0 Å². The van der Waals surface area contributed by atoms with Crippen LogP contribution in [0, 0.1) is 0 Å². The highest BCUT2D eigenvalue weighted by Gasteiger charge is 2.45. The minimum Gasteiger partial charge on any atom is -0.356 e. The van der Waals surface area contributed by atoms with Crippen LogP contribution in [0.4, 0.5) is 11.4 Å². The highest BCUT2D eigenvalue weighted by atomic mass is 14.9. The Morgan fingerprint density at radius 2 is 0.778 bits per heavy atom. The smallest absolute Gasteiger partial charge is 0.0713 e. The molecule has 0 atom stereocenters. The van der Waals surface area contributed by atoms with Gasteiger partial charge in [-0.25, -0.2) is 0 Å². The Kier molecular flexibility index (Phi) is 8.02. The monoisotopic (exact) mass is 469 g/mol. The minimum absolute atomic E-state index is 0.334. The van der Waals surface area contributed by atoms with Crippen LogP contribution in [0.5, 0.6) is 0 Å². The fraction of sp³-hybridized carbons (Fsp3) is 0.143. The van der Waals surface area contributed by atoms with Crippen molar-refractivity contribution < 1.29 is 0 Å². The molecule has 1 aliphatic rings. The van der Waals surface area contributed by atoms with Gasteiger partial charge in [-0.2, -0.15) is 0 Å². The van der Waals surface area contributed by atoms with E-state index < -0.39 is 0 Å². The molecule has 0 saturated heterocycles. The van der Waals surface area contributed by atoms with Gasteiger partial charge in [-0.1, -0.05) is 137 Å². The largest absolute Gasteiger partial charge is 0.356 e. The number of nitrogens with one attached hydrogen (secondary N) is 1. The molecule has 1 N–H and O–H groups in total. The summed E-state index contributed by atoms with van der Waals surface area (Å²) in [4.78, 5) is 0. The Morgan fingerprint density at radius 1 is 0.389 bits per heavy atom. The summed E-state index contributed by atoms with van der Waals surface area (Å²) in [6.07, 6.45) is 0. The fourth-order valence-corrected chi connectivity index (χ4v) is 5.20. The first kappa shape index (κ1) is 25.0. The Balaban J connectivity index is 0.000000726. The maximum Gasteiger partial charge on any atom is 0.0713 e. The third-order valence-corrected chi connectivity index (χ3v) is 6.54. The molecule has 180 valence electrons. The molecule has 0 unspecified atom stereocenters. The summed E-state index contributed by atoms with van der Waals surface area (Å²) in [6.45, 7) is 8.00. The van der Waals surface area contributed by atoms with E-state index in [0.717, 1.165) is 11.4 Å². The first-order valence-corrected chi connectivity index (χ1v) is 13.0. The molecule has 0 radical (unpaired) electrons. The van der Waals surface area contributed by atoms with Crippen LogP contribution in [-0.4, -0.2) is 0 Å². The maximum absolute atomic E-state index is 3.51. The standard InChI is InChI=1S/C31H23N.2C2H6/c1-3-11-23(12-4-1)31(24-19-21-26(22-20-24)32-25-13-5-2-6-14-25)29-17-9-7-15-27(29)28-16-8-10-18-30(28)31;2*1-2/h1-22,32H;2*1-2H3. The average Bonchev–Trinajstić information content (AvgIpc) is 3.28. The molecule has 5 aromatic rings. The summed E-state index contributed by atoms with van der Waals surface area (Å²) in [7, 11) is 0. The lowest BCUT2D eigenvalue weighted by Gasteiger charge is -2.34. The zero-order chi connectivity index (χ0) is 25.4. The van der Waals surface area contributed by atoms with Gasteiger partial charge in [0, 0.05) is 11.4 Å². The van der Waals surface area contributed by atoms with E-state index in [1.54, 1.807) is 0 Å². The minimum atomic E-state index is -0.334. The van der Waals surface area contributed by atoms with Gasteiger partial charge in [-0.05, 0) is 57.6 Å². The van der Waals surface area contributed by atoms with Crippen molar-refractivity contribution in [2.75, 3.05) is 5.32 Å². The quantitative estimate of drug-likeness (QED) is 0.271. The van der Waals surface area contributed by atoms with Crippen LogP contribution in [0.2, 0.25) is 0 Å². The molecule has 1 aliphatic carbocycles. The lowest BCUT2D eigenvalue weighted by Crippen LogP contribution is -2.28.